The molecule has 0 bridgehead atoms. The molecule has 4 heteroatoms. The first-order chi connectivity index (χ1) is 14.7. The van der Waals surface area contributed by atoms with Crippen LogP contribution >= 0.6 is 0 Å². The summed E-state index contributed by atoms with van der Waals surface area (Å²) in [6, 6.07) is 25.4. The summed E-state index contributed by atoms with van der Waals surface area (Å²) in [5.41, 5.74) is 6.79. The van der Waals surface area contributed by atoms with Gasteiger partial charge in [-0.1, -0.05) is 55.1 Å². The lowest BCUT2D eigenvalue weighted by Gasteiger charge is -2.20. The quantitative estimate of drug-likeness (QED) is 0.457. The number of benzene rings is 3. The van der Waals surface area contributed by atoms with Crippen LogP contribution in [0.15, 0.2) is 85.7 Å². The molecular formula is C26H26N4. The van der Waals surface area contributed by atoms with E-state index in [0.717, 1.165) is 46.5 Å². The molecule has 1 N–H and O–H groups in total. The third kappa shape index (κ3) is 4.18. The molecule has 0 saturated carbocycles. The first-order valence-corrected chi connectivity index (χ1v) is 10.1. The Morgan fingerprint density at radius 3 is 2.17 bits per heavy atom. The molecule has 4 nitrogen and oxygen atoms in total. The molecule has 0 amide bonds. The maximum Gasteiger partial charge on any atom is 0.144 e. The van der Waals surface area contributed by atoms with Gasteiger partial charge in [0, 0.05) is 30.9 Å². The van der Waals surface area contributed by atoms with Gasteiger partial charge in [0.1, 0.15) is 12.1 Å². The Kier molecular flexibility index (Phi) is 5.75. The van der Waals surface area contributed by atoms with Gasteiger partial charge in [-0.15, -0.1) is 0 Å². The lowest BCUT2D eigenvalue weighted by Crippen LogP contribution is -2.12. The normalized spacial score (nSPS) is 10.7. The third-order valence-corrected chi connectivity index (χ3v) is 5.47. The standard InChI is InChI=1S/C26H26N4/c1-19(27-2)22-14-10-20(11-15-22)8-9-21-12-16-23(17-13-21)30(3)26-24-6-4-5-7-25(24)28-18-29-26/h4-7,10-18,27H,1,8-9H2,2-3H3. The molecule has 150 valence electrons. The minimum absolute atomic E-state index is 0.914. The predicted octanol–water partition coefficient (Wildman–Crippen LogP) is 5.37. The molecule has 4 aromatic rings. The van der Waals surface area contributed by atoms with Gasteiger partial charge in [-0.05, 0) is 53.8 Å². The summed E-state index contributed by atoms with van der Waals surface area (Å²) >= 11 is 0. The maximum absolute atomic E-state index is 4.51. The van der Waals surface area contributed by atoms with Crippen molar-refractivity contribution in [1.82, 2.24) is 15.3 Å². The summed E-state index contributed by atoms with van der Waals surface area (Å²) in [6.45, 7) is 4.00. The lowest BCUT2D eigenvalue weighted by molar-refractivity contribution is 0.958. The summed E-state index contributed by atoms with van der Waals surface area (Å²) in [4.78, 5) is 11.0. The minimum atomic E-state index is 0.914. The largest absolute Gasteiger partial charge is 0.388 e. The average molecular weight is 395 g/mol. The van der Waals surface area contributed by atoms with E-state index in [1.54, 1.807) is 6.33 Å². The number of hydrogen-bond acceptors (Lipinski definition) is 4. The van der Waals surface area contributed by atoms with E-state index in [2.05, 4.69) is 81.4 Å². The van der Waals surface area contributed by atoms with Gasteiger partial charge in [0.2, 0.25) is 0 Å². The van der Waals surface area contributed by atoms with Crippen LogP contribution in [0.3, 0.4) is 0 Å². The third-order valence-electron chi connectivity index (χ3n) is 5.47. The lowest BCUT2D eigenvalue weighted by atomic mass is 10.0. The number of anilines is 2. The number of para-hydroxylation sites is 1. The number of aryl methyl sites for hydroxylation is 2. The molecule has 30 heavy (non-hydrogen) atoms. The fourth-order valence-electron chi connectivity index (χ4n) is 3.57. The zero-order chi connectivity index (χ0) is 20.9. The molecular weight excluding hydrogens is 368 g/mol. The van der Waals surface area contributed by atoms with Gasteiger partial charge >= 0.3 is 0 Å². The smallest absolute Gasteiger partial charge is 0.144 e. The molecule has 0 aliphatic heterocycles. The number of hydrogen-bond donors (Lipinski definition) is 1. The van der Waals surface area contributed by atoms with Crippen molar-refractivity contribution in [2.45, 2.75) is 12.8 Å². The average Bonchev–Trinajstić information content (AvgIpc) is 2.82. The van der Waals surface area contributed by atoms with Crippen LogP contribution in [0.25, 0.3) is 16.6 Å². The van der Waals surface area contributed by atoms with Crippen LogP contribution < -0.4 is 10.2 Å². The molecule has 0 fully saturated rings. The molecule has 0 spiro atoms. The SMILES string of the molecule is C=C(NC)c1ccc(CCc2ccc(N(C)c3ncnc4ccccc34)cc2)cc1. The van der Waals surface area contributed by atoms with Crippen molar-refractivity contribution in [2.75, 3.05) is 19.0 Å². The van der Waals surface area contributed by atoms with E-state index < -0.39 is 0 Å². The molecule has 0 radical (unpaired) electrons. The van der Waals surface area contributed by atoms with Crippen molar-refractivity contribution < 1.29 is 0 Å². The Hall–Kier alpha value is -3.66. The Balaban J connectivity index is 1.44. The second-order valence-electron chi connectivity index (χ2n) is 7.37. The Labute approximate surface area is 177 Å². The monoisotopic (exact) mass is 394 g/mol. The number of nitrogens with zero attached hydrogens (tertiary/aromatic N) is 3. The first-order valence-electron chi connectivity index (χ1n) is 10.1. The molecule has 0 aliphatic carbocycles. The zero-order valence-corrected chi connectivity index (χ0v) is 17.5. The van der Waals surface area contributed by atoms with E-state index in [1.165, 1.54) is 11.1 Å². The molecule has 4 rings (SSSR count). The van der Waals surface area contributed by atoms with Crippen LogP contribution in [-0.4, -0.2) is 24.1 Å². The van der Waals surface area contributed by atoms with Crippen LogP contribution in [0.1, 0.15) is 16.7 Å². The highest BCUT2D eigenvalue weighted by Gasteiger charge is 2.10. The van der Waals surface area contributed by atoms with Crippen LogP contribution in [-0.2, 0) is 12.8 Å². The second-order valence-corrected chi connectivity index (χ2v) is 7.37. The Bertz CT molecular complexity index is 1140. The Morgan fingerprint density at radius 2 is 1.50 bits per heavy atom. The van der Waals surface area contributed by atoms with Gasteiger partial charge in [0.05, 0.1) is 5.52 Å². The summed E-state index contributed by atoms with van der Waals surface area (Å²) in [7, 11) is 3.94. The highest BCUT2D eigenvalue weighted by Crippen LogP contribution is 2.28. The fourth-order valence-corrected chi connectivity index (χ4v) is 3.57. The molecule has 3 aromatic carbocycles. The number of fused-ring (bicyclic) bond motifs is 1. The second kappa shape index (κ2) is 8.78. The van der Waals surface area contributed by atoms with Gasteiger partial charge in [0.25, 0.3) is 0 Å². The first kappa shape index (κ1) is 19.6. The molecule has 1 heterocycles. The van der Waals surface area contributed by atoms with Crippen LogP contribution in [0.2, 0.25) is 0 Å². The van der Waals surface area contributed by atoms with E-state index >= 15 is 0 Å². The van der Waals surface area contributed by atoms with Gasteiger partial charge in [-0.3, -0.25) is 0 Å². The molecule has 0 saturated heterocycles. The van der Waals surface area contributed by atoms with Crippen molar-refractivity contribution in [1.29, 1.82) is 0 Å². The fraction of sp³-hybridized carbons (Fsp3) is 0.154. The van der Waals surface area contributed by atoms with E-state index in [1.807, 2.05) is 32.3 Å². The summed E-state index contributed by atoms with van der Waals surface area (Å²) in [5, 5.41) is 4.14. The number of nitrogens with one attached hydrogen (secondary N) is 1. The molecule has 1 aromatic heterocycles. The maximum atomic E-state index is 4.51. The van der Waals surface area contributed by atoms with Crippen molar-refractivity contribution in [3.63, 3.8) is 0 Å². The summed E-state index contributed by atoms with van der Waals surface area (Å²) < 4.78 is 0. The molecule has 0 atom stereocenters. The summed E-state index contributed by atoms with van der Waals surface area (Å²) in [5.74, 6) is 0.914. The highest BCUT2D eigenvalue weighted by atomic mass is 15.2. The number of aromatic nitrogens is 2. The van der Waals surface area contributed by atoms with Crippen molar-refractivity contribution in [2.24, 2.45) is 0 Å². The van der Waals surface area contributed by atoms with E-state index in [0.29, 0.717) is 0 Å². The van der Waals surface area contributed by atoms with Crippen molar-refractivity contribution in [3.8, 4) is 0 Å². The Morgan fingerprint density at radius 1 is 0.867 bits per heavy atom. The molecule has 0 aliphatic rings. The van der Waals surface area contributed by atoms with Crippen molar-refractivity contribution in [3.05, 3.63) is 102 Å². The van der Waals surface area contributed by atoms with Crippen LogP contribution in [0, 0.1) is 0 Å². The zero-order valence-electron chi connectivity index (χ0n) is 17.5. The number of rotatable bonds is 7. The van der Waals surface area contributed by atoms with E-state index in [4.69, 9.17) is 0 Å². The summed E-state index contributed by atoms with van der Waals surface area (Å²) in [6.07, 6.45) is 3.64. The topological polar surface area (TPSA) is 41.0 Å². The van der Waals surface area contributed by atoms with Crippen LogP contribution in [0.4, 0.5) is 11.5 Å². The van der Waals surface area contributed by atoms with Crippen molar-refractivity contribution >= 4 is 28.1 Å². The van der Waals surface area contributed by atoms with Gasteiger partial charge in [-0.25, -0.2) is 9.97 Å². The predicted molar refractivity (Wildman–Crippen MR) is 126 cm³/mol. The van der Waals surface area contributed by atoms with Crippen LogP contribution in [0.5, 0.6) is 0 Å². The van der Waals surface area contributed by atoms with Gasteiger partial charge in [0.15, 0.2) is 0 Å². The van der Waals surface area contributed by atoms with E-state index in [-0.39, 0.29) is 0 Å². The highest BCUT2D eigenvalue weighted by molar-refractivity contribution is 5.91. The van der Waals surface area contributed by atoms with Gasteiger partial charge in [-0.2, -0.15) is 0 Å². The van der Waals surface area contributed by atoms with E-state index in [9.17, 15) is 0 Å². The molecule has 0 unspecified atom stereocenters. The van der Waals surface area contributed by atoms with Gasteiger partial charge < -0.3 is 10.2 Å². The minimum Gasteiger partial charge on any atom is -0.388 e.